The maximum absolute atomic E-state index is 13.4. The quantitative estimate of drug-likeness (QED) is 0.458. The lowest BCUT2D eigenvalue weighted by Gasteiger charge is -2.34. The number of alkyl halides is 5. The molecule has 31 heavy (non-hydrogen) atoms. The van der Waals surface area contributed by atoms with Gasteiger partial charge in [0, 0.05) is 30.4 Å². The summed E-state index contributed by atoms with van der Waals surface area (Å²) in [5.41, 5.74) is 2.25. The van der Waals surface area contributed by atoms with E-state index in [1.54, 1.807) is 24.4 Å². The number of anilines is 1. The second-order valence-electron chi connectivity index (χ2n) is 7.62. The minimum absolute atomic E-state index is 0.151. The monoisotopic (exact) mass is 435 g/mol. The molecule has 1 aliphatic heterocycles. The lowest BCUT2D eigenvalue weighted by atomic mass is 9.89. The van der Waals surface area contributed by atoms with Crippen LogP contribution in [0.15, 0.2) is 54.7 Å². The van der Waals surface area contributed by atoms with Crippen molar-refractivity contribution in [2.24, 2.45) is 5.92 Å². The zero-order valence-electron chi connectivity index (χ0n) is 16.5. The number of rotatable bonds is 5. The molecule has 3 nitrogen and oxygen atoms in total. The molecule has 1 aliphatic rings. The highest BCUT2D eigenvalue weighted by molar-refractivity contribution is 5.91. The van der Waals surface area contributed by atoms with E-state index in [9.17, 15) is 22.0 Å². The molecule has 1 saturated heterocycles. The second-order valence-corrected chi connectivity index (χ2v) is 7.62. The van der Waals surface area contributed by atoms with Gasteiger partial charge in [-0.2, -0.15) is 22.0 Å². The average Bonchev–Trinajstić information content (AvgIpc) is 2.74. The summed E-state index contributed by atoms with van der Waals surface area (Å²) in [6.07, 6.45) is -7.37. The topological polar surface area (TPSA) is 25.4 Å². The maximum Gasteiger partial charge on any atom is 0.499 e. The number of aromatic nitrogens is 1. The lowest BCUT2D eigenvalue weighted by molar-refractivity contribution is -0.360. The molecule has 0 spiro atoms. The third kappa shape index (κ3) is 4.57. The summed E-state index contributed by atoms with van der Waals surface area (Å²) in [5.74, 6) is -0.278. The van der Waals surface area contributed by atoms with Crippen LogP contribution >= 0.6 is 0 Å². The predicted molar refractivity (Wildman–Crippen MR) is 107 cm³/mol. The smallest absolute Gasteiger partial charge is 0.425 e. The molecule has 163 valence electrons. The molecule has 2 heterocycles. The standard InChI is InChI=1S/C23H20F5N2O/c24-22(25,26)23(27,28)31-21-9-2-1-5-17(21)15-16-10-13-30(14-11-16)20-8-3-7-19-18(20)6-4-12-29-19/h1-5,7-9,12,16H,10-11,13-15H2. The molecule has 1 fully saturated rings. The fourth-order valence-corrected chi connectivity index (χ4v) is 3.94. The average molecular weight is 435 g/mol. The van der Waals surface area contributed by atoms with Crippen LogP contribution in [-0.2, 0) is 6.42 Å². The van der Waals surface area contributed by atoms with Crippen LogP contribution in [0.1, 0.15) is 18.4 Å². The SMILES string of the molecule is FC(F)(F)C(F)(F)Oc1ccccc1CC1CCN(c2cccc3ncc[c]c23)CC1. The first-order valence-electron chi connectivity index (χ1n) is 9.96. The van der Waals surface area contributed by atoms with Gasteiger partial charge in [-0.1, -0.05) is 24.3 Å². The number of pyridine rings is 1. The molecule has 8 heteroatoms. The van der Waals surface area contributed by atoms with Gasteiger partial charge in [0.15, 0.2) is 0 Å². The number of ether oxygens (including phenoxy) is 1. The molecular formula is C23H20F5N2O. The molecule has 1 radical (unpaired) electrons. The van der Waals surface area contributed by atoms with Gasteiger partial charge in [0.25, 0.3) is 0 Å². The number of hydrogen-bond acceptors (Lipinski definition) is 3. The lowest BCUT2D eigenvalue weighted by Crippen LogP contribution is -2.42. The number of nitrogens with zero attached hydrogens (tertiary/aromatic N) is 2. The second kappa shape index (κ2) is 8.32. The van der Waals surface area contributed by atoms with Crippen LogP contribution in [0.2, 0.25) is 0 Å². The van der Waals surface area contributed by atoms with Crippen molar-refractivity contribution in [1.29, 1.82) is 0 Å². The number of halogens is 5. The number of benzene rings is 2. The van der Waals surface area contributed by atoms with E-state index in [0.717, 1.165) is 48.6 Å². The predicted octanol–water partition coefficient (Wildman–Crippen LogP) is 6.03. The van der Waals surface area contributed by atoms with Crippen molar-refractivity contribution in [3.63, 3.8) is 0 Å². The zero-order chi connectivity index (χ0) is 22.1. The molecule has 0 N–H and O–H groups in total. The Kier molecular flexibility index (Phi) is 5.73. The Bertz CT molecular complexity index is 1040. The van der Waals surface area contributed by atoms with Crippen LogP contribution in [0.3, 0.4) is 0 Å². The van der Waals surface area contributed by atoms with Crippen LogP contribution in [0, 0.1) is 12.0 Å². The van der Waals surface area contributed by atoms with E-state index in [4.69, 9.17) is 0 Å². The summed E-state index contributed by atoms with van der Waals surface area (Å²) in [6, 6.07) is 16.6. The minimum atomic E-state index is -5.77. The van der Waals surface area contributed by atoms with Gasteiger partial charge in [-0.15, -0.1) is 0 Å². The van der Waals surface area contributed by atoms with Crippen LogP contribution in [0.25, 0.3) is 10.9 Å². The number of hydrogen-bond donors (Lipinski definition) is 0. The Morgan fingerprint density at radius 2 is 1.74 bits per heavy atom. The van der Waals surface area contributed by atoms with Crippen molar-refractivity contribution in [3.8, 4) is 5.75 Å². The molecule has 0 aliphatic carbocycles. The van der Waals surface area contributed by atoms with Crippen LogP contribution in [0.4, 0.5) is 27.6 Å². The minimum Gasteiger partial charge on any atom is -0.425 e. The summed E-state index contributed by atoms with van der Waals surface area (Å²) in [4.78, 5) is 6.58. The summed E-state index contributed by atoms with van der Waals surface area (Å²) in [6.45, 7) is 1.49. The summed E-state index contributed by atoms with van der Waals surface area (Å²) >= 11 is 0. The molecule has 3 aromatic rings. The molecule has 0 amide bonds. The Morgan fingerprint density at radius 1 is 1.00 bits per heavy atom. The van der Waals surface area contributed by atoms with Crippen molar-refractivity contribution in [3.05, 3.63) is 66.4 Å². The molecule has 0 bridgehead atoms. The Morgan fingerprint density at radius 3 is 2.48 bits per heavy atom. The fourth-order valence-electron chi connectivity index (χ4n) is 3.94. The van der Waals surface area contributed by atoms with Gasteiger partial charge in [0.1, 0.15) is 5.75 Å². The number of piperidine rings is 1. The third-order valence-corrected chi connectivity index (χ3v) is 5.54. The Labute approximate surface area is 176 Å². The zero-order valence-corrected chi connectivity index (χ0v) is 16.5. The number of fused-ring (bicyclic) bond motifs is 1. The first kappa shape index (κ1) is 21.3. The van der Waals surface area contributed by atoms with Crippen molar-refractivity contribution < 1.29 is 26.7 Å². The van der Waals surface area contributed by atoms with Gasteiger partial charge >= 0.3 is 12.3 Å². The van der Waals surface area contributed by atoms with E-state index in [0.29, 0.717) is 12.0 Å². The van der Waals surface area contributed by atoms with Gasteiger partial charge in [-0.25, -0.2) is 0 Å². The van der Waals surface area contributed by atoms with Crippen LogP contribution in [-0.4, -0.2) is 30.4 Å². The normalized spacial score (nSPS) is 16.0. The van der Waals surface area contributed by atoms with Crippen molar-refractivity contribution in [1.82, 2.24) is 4.98 Å². The molecule has 0 atom stereocenters. The first-order chi connectivity index (χ1) is 14.7. The highest BCUT2D eigenvalue weighted by atomic mass is 19.4. The van der Waals surface area contributed by atoms with E-state index in [2.05, 4.69) is 20.7 Å². The third-order valence-electron chi connectivity index (χ3n) is 5.54. The molecule has 2 aromatic carbocycles. The van der Waals surface area contributed by atoms with E-state index < -0.39 is 18.0 Å². The van der Waals surface area contributed by atoms with Crippen LogP contribution in [0.5, 0.6) is 5.75 Å². The Balaban J connectivity index is 1.44. The Hall–Kier alpha value is -2.90. The molecular weight excluding hydrogens is 415 g/mol. The first-order valence-corrected chi connectivity index (χ1v) is 9.96. The number of para-hydroxylation sites is 1. The van der Waals surface area contributed by atoms with Gasteiger partial charge in [-0.3, -0.25) is 4.98 Å². The highest BCUT2D eigenvalue weighted by Gasteiger charge is 2.61. The van der Waals surface area contributed by atoms with E-state index in [1.807, 2.05) is 18.2 Å². The molecule has 4 rings (SSSR count). The molecule has 1 aromatic heterocycles. The van der Waals surface area contributed by atoms with Gasteiger partial charge < -0.3 is 9.64 Å². The van der Waals surface area contributed by atoms with E-state index in [-0.39, 0.29) is 5.92 Å². The molecule has 0 unspecified atom stereocenters. The maximum atomic E-state index is 13.4. The van der Waals surface area contributed by atoms with Crippen molar-refractivity contribution in [2.45, 2.75) is 31.5 Å². The van der Waals surface area contributed by atoms with Gasteiger partial charge in [0.05, 0.1) is 5.52 Å². The van der Waals surface area contributed by atoms with E-state index >= 15 is 0 Å². The summed E-state index contributed by atoms with van der Waals surface area (Å²) < 4.78 is 68.5. The van der Waals surface area contributed by atoms with Crippen molar-refractivity contribution >= 4 is 16.6 Å². The van der Waals surface area contributed by atoms with E-state index in [1.165, 1.54) is 6.07 Å². The van der Waals surface area contributed by atoms with Gasteiger partial charge in [-0.05, 0) is 61.1 Å². The summed E-state index contributed by atoms with van der Waals surface area (Å²) in [5, 5.41) is 0.941. The van der Waals surface area contributed by atoms with Crippen LogP contribution < -0.4 is 9.64 Å². The molecule has 0 saturated carbocycles. The largest absolute Gasteiger partial charge is 0.499 e. The fraction of sp³-hybridized carbons (Fsp3) is 0.348. The van der Waals surface area contributed by atoms with Gasteiger partial charge in [0.2, 0.25) is 0 Å². The summed E-state index contributed by atoms with van der Waals surface area (Å²) in [7, 11) is 0. The van der Waals surface area contributed by atoms with Crippen molar-refractivity contribution in [2.75, 3.05) is 18.0 Å². The highest BCUT2D eigenvalue weighted by Crippen LogP contribution is 2.39.